The lowest BCUT2D eigenvalue weighted by Crippen LogP contribution is -2.39. The number of esters is 1. The molecular formula is C31H32FN5O3. The van der Waals surface area contributed by atoms with Crippen LogP contribution in [-0.4, -0.2) is 44.8 Å². The number of halogens is 1. The zero-order chi connectivity index (χ0) is 28.1. The molecule has 2 N–H and O–H groups in total. The van der Waals surface area contributed by atoms with Crippen molar-refractivity contribution >= 4 is 17.5 Å². The largest absolute Gasteiger partial charge is 0.458 e. The van der Waals surface area contributed by atoms with Gasteiger partial charge < -0.3 is 20.1 Å². The summed E-state index contributed by atoms with van der Waals surface area (Å²) in [6.45, 7) is 4.10. The molecule has 2 aromatic carbocycles. The van der Waals surface area contributed by atoms with Gasteiger partial charge >= 0.3 is 5.97 Å². The minimum absolute atomic E-state index is 0.000359. The number of hydrogen-bond acceptors (Lipinski definition) is 8. The monoisotopic (exact) mass is 541 g/mol. The second-order valence-electron chi connectivity index (χ2n) is 10.2. The minimum atomic E-state index is -2.20. The number of benzene rings is 2. The molecular weight excluding hydrogens is 509 g/mol. The highest BCUT2D eigenvalue weighted by atomic mass is 19.1. The van der Waals surface area contributed by atoms with E-state index >= 15 is 4.39 Å². The number of hydrogen-bond donors (Lipinski definition) is 2. The van der Waals surface area contributed by atoms with Crippen molar-refractivity contribution in [3.8, 4) is 11.3 Å². The molecule has 2 aromatic heterocycles. The van der Waals surface area contributed by atoms with Crippen LogP contribution in [0.3, 0.4) is 0 Å². The summed E-state index contributed by atoms with van der Waals surface area (Å²) in [5.41, 5.74) is 1.83. The van der Waals surface area contributed by atoms with Gasteiger partial charge in [-0.2, -0.15) is 0 Å². The highest BCUT2D eigenvalue weighted by Gasteiger charge is 2.47. The van der Waals surface area contributed by atoms with Gasteiger partial charge in [0.2, 0.25) is 5.67 Å². The fourth-order valence-corrected chi connectivity index (χ4v) is 4.68. The average Bonchev–Trinajstić information content (AvgIpc) is 3.40. The van der Waals surface area contributed by atoms with E-state index in [0.717, 1.165) is 16.8 Å². The Labute approximate surface area is 232 Å². The van der Waals surface area contributed by atoms with Gasteiger partial charge in [0.1, 0.15) is 18.6 Å². The first-order chi connectivity index (χ1) is 19.3. The molecule has 2 atom stereocenters. The molecule has 0 spiro atoms. The van der Waals surface area contributed by atoms with Gasteiger partial charge in [-0.3, -0.25) is 4.98 Å². The van der Waals surface area contributed by atoms with Crippen LogP contribution in [0.1, 0.15) is 49.2 Å². The van der Waals surface area contributed by atoms with E-state index in [4.69, 9.17) is 4.74 Å². The first-order valence-corrected chi connectivity index (χ1v) is 13.3. The Morgan fingerprint density at radius 3 is 2.45 bits per heavy atom. The number of nitrogens with one attached hydrogen (secondary N) is 1. The van der Waals surface area contributed by atoms with Gasteiger partial charge in [-0.1, -0.05) is 80.6 Å². The van der Waals surface area contributed by atoms with Crippen LogP contribution in [-0.2, 0) is 16.1 Å². The van der Waals surface area contributed by atoms with Gasteiger partial charge in [0.25, 0.3) is 0 Å². The van der Waals surface area contributed by atoms with Crippen molar-refractivity contribution in [3.05, 3.63) is 102 Å². The number of ether oxygens (including phenoxy) is 1. The molecule has 0 amide bonds. The Kier molecular flexibility index (Phi) is 8.02. The fourth-order valence-electron chi connectivity index (χ4n) is 4.68. The molecule has 5 rings (SSSR count). The summed E-state index contributed by atoms with van der Waals surface area (Å²) < 4.78 is 21.2. The molecule has 1 fully saturated rings. The summed E-state index contributed by atoms with van der Waals surface area (Å²) in [6.07, 6.45) is 1.85. The van der Waals surface area contributed by atoms with Gasteiger partial charge in [-0.25, -0.2) is 19.2 Å². The number of carbonyl (C=O) groups is 1. The number of alkyl halides is 1. The predicted octanol–water partition coefficient (Wildman–Crippen LogP) is 5.43. The number of nitrogens with zero attached hydrogens (tertiary/aromatic N) is 4. The maximum Gasteiger partial charge on any atom is 0.346 e. The molecule has 1 aliphatic heterocycles. The summed E-state index contributed by atoms with van der Waals surface area (Å²) in [7, 11) is 0. The normalized spacial score (nSPS) is 17.6. The molecule has 40 heavy (non-hydrogen) atoms. The van der Waals surface area contributed by atoms with Crippen molar-refractivity contribution in [2.75, 3.05) is 23.3 Å². The smallest absolute Gasteiger partial charge is 0.346 e. The number of carbonyl (C=O) groups excluding carboxylic acids is 1. The molecule has 0 saturated carbocycles. The first kappa shape index (κ1) is 27.2. The van der Waals surface area contributed by atoms with E-state index in [9.17, 15) is 9.90 Å². The number of pyridine rings is 1. The van der Waals surface area contributed by atoms with Crippen LogP contribution in [0, 0.1) is 0 Å². The standard InChI is InChI=1S/C31H32FN5O3/c1-21(2)25-14-13-24(17-33-25)29(38)36-27-26(23-11-7-4-8-12-23)34-20-35-28(27)37-16-15-31(32,19-37)30(39)40-18-22-9-5-3-6-10-22/h3-14,17,20-21,29,36,38H,15-16,18-19H2,1-2H3. The van der Waals surface area contributed by atoms with Crippen LogP contribution in [0.25, 0.3) is 11.3 Å². The van der Waals surface area contributed by atoms with Crippen LogP contribution in [0.15, 0.2) is 85.3 Å². The van der Waals surface area contributed by atoms with E-state index in [0.29, 0.717) is 22.8 Å². The first-order valence-electron chi connectivity index (χ1n) is 13.3. The number of anilines is 2. The van der Waals surface area contributed by atoms with Crippen molar-refractivity contribution in [2.45, 2.75) is 44.7 Å². The quantitative estimate of drug-likeness (QED) is 0.214. The van der Waals surface area contributed by atoms with Gasteiger partial charge in [-0.15, -0.1) is 0 Å². The summed E-state index contributed by atoms with van der Waals surface area (Å²) in [5, 5.41) is 14.3. The Hall–Kier alpha value is -4.37. The van der Waals surface area contributed by atoms with E-state index < -0.39 is 17.9 Å². The third-order valence-corrected chi connectivity index (χ3v) is 6.97. The molecule has 9 heteroatoms. The maximum absolute atomic E-state index is 15.9. The Balaban J connectivity index is 1.41. The highest BCUT2D eigenvalue weighted by Crippen LogP contribution is 2.39. The highest BCUT2D eigenvalue weighted by molar-refractivity contribution is 5.85. The zero-order valence-electron chi connectivity index (χ0n) is 22.5. The fraction of sp³-hybridized carbons (Fsp3) is 0.290. The molecule has 0 aliphatic carbocycles. The number of aliphatic hydroxyl groups excluding tert-OH is 1. The van der Waals surface area contributed by atoms with Crippen molar-refractivity contribution < 1.29 is 19.0 Å². The van der Waals surface area contributed by atoms with Gasteiger partial charge in [-0.05, 0) is 17.5 Å². The van der Waals surface area contributed by atoms with E-state index in [1.165, 1.54) is 6.33 Å². The minimum Gasteiger partial charge on any atom is -0.458 e. The molecule has 3 heterocycles. The van der Waals surface area contributed by atoms with E-state index in [1.807, 2.05) is 72.8 Å². The zero-order valence-corrected chi connectivity index (χ0v) is 22.5. The van der Waals surface area contributed by atoms with Crippen LogP contribution in [0.4, 0.5) is 15.9 Å². The summed E-state index contributed by atoms with van der Waals surface area (Å²) in [5.74, 6) is -0.259. The molecule has 0 radical (unpaired) electrons. The second-order valence-corrected chi connectivity index (χ2v) is 10.2. The maximum atomic E-state index is 15.9. The van der Waals surface area contributed by atoms with Crippen LogP contribution < -0.4 is 10.2 Å². The number of rotatable bonds is 9. The second kappa shape index (κ2) is 11.8. The number of aliphatic hydroxyl groups is 1. The van der Waals surface area contributed by atoms with Crippen LogP contribution in [0.5, 0.6) is 0 Å². The lowest BCUT2D eigenvalue weighted by atomic mass is 10.1. The van der Waals surface area contributed by atoms with Crippen molar-refractivity contribution in [3.63, 3.8) is 0 Å². The third kappa shape index (κ3) is 5.94. The molecule has 206 valence electrons. The average molecular weight is 542 g/mol. The predicted molar refractivity (Wildman–Crippen MR) is 151 cm³/mol. The Morgan fingerprint density at radius 1 is 1.05 bits per heavy atom. The molecule has 2 unspecified atom stereocenters. The SMILES string of the molecule is CC(C)c1ccc(C(O)Nc2c(-c3ccccc3)ncnc2N2CCC(F)(C(=O)OCc3ccccc3)C2)cn1. The van der Waals surface area contributed by atoms with Crippen LogP contribution in [0.2, 0.25) is 0 Å². The molecule has 4 aromatic rings. The summed E-state index contributed by atoms with van der Waals surface area (Å²) in [4.78, 5) is 27.9. The van der Waals surface area contributed by atoms with Gasteiger partial charge in [0.05, 0.1) is 12.2 Å². The van der Waals surface area contributed by atoms with Gasteiger partial charge in [0.15, 0.2) is 12.0 Å². The third-order valence-electron chi connectivity index (χ3n) is 6.97. The molecule has 1 aliphatic rings. The van der Waals surface area contributed by atoms with E-state index in [2.05, 4.69) is 34.1 Å². The topological polar surface area (TPSA) is 100 Å². The summed E-state index contributed by atoms with van der Waals surface area (Å²) >= 11 is 0. The summed E-state index contributed by atoms with van der Waals surface area (Å²) in [6, 6.07) is 22.3. The Morgan fingerprint density at radius 2 is 1.77 bits per heavy atom. The van der Waals surface area contributed by atoms with E-state index in [1.54, 1.807) is 11.1 Å². The van der Waals surface area contributed by atoms with Crippen molar-refractivity contribution in [1.29, 1.82) is 0 Å². The van der Waals surface area contributed by atoms with E-state index in [-0.39, 0.29) is 32.0 Å². The van der Waals surface area contributed by atoms with Crippen LogP contribution >= 0.6 is 0 Å². The molecule has 0 bridgehead atoms. The van der Waals surface area contributed by atoms with Gasteiger partial charge in [0, 0.05) is 36.0 Å². The lowest BCUT2D eigenvalue weighted by molar-refractivity contribution is -0.157. The number of aromatic nitrogens is 3. The van der Waals surface area contributed by atoms with Crippen molar-refractivity contribution in [2.24, 2.45) is 0 Å². The molecule has 8 nitrogen and oxygen atoms in total. The van der Waals surface area contributed by atoms with Crippen molar-refractivity contribution in [1.82, 2.24) is 15.0 Å². The molecule has 1 saturated heterocycles. The Bertz CT molecular complexity index is 1440. The lowest BCUT2D eigenvalue weighted by Gasteiger charge is -2.25.